The van der Waals surface area contributed by atoms with Gasteiger partial charge in [-0.25, -0.2) is 0 Å². The Balaban J connectivity index is 2.03. The largest absolute Gasteiger partial charge is 0.479 e. The summed E-state index contributed by atoms with van der Waals surface area (Å²) >= 11 is 6.09. The van der Waals surface area contributed by atoms with Crippen molar-refractivity contribution in [2.45, 2.75) is 51.2 Å². The van der Waals surface area contributed by atoms with Crippen molar-refractivity contribution >= 4 is 17.5 Å². The summed E-state index contributed by atoms with van der Waals surface area (Å²) in [7, 11) is 1.89. The van der Waals surface area contributed by atoms with Gasteiger partial charge in [-0.15, -0.1) is 0 Å². The Hall–Kier alpha value is -1.22. The lowest BCUT2D eigenvalue weighted by molar-refractivity contribution is -0.139. The Morgan fingerprint density at radius 2 is 2.05 bits per heavy atom. The second kappa shape index (κ2) is 6.98. The van der Waals surface area contributed by atoms with Crippen molar-refractivity contribution < 1.29 is 9.53 Å². The van der Waals surface area contributed by atoms with Crippen molar-refractivity contribution in [2.24, 2.45) is 0 Å². The first-order valence-corrected chi connectivity index (χ1v) is 7.69. The van der Waals surface area contributed by atoms with Crippen LogP contribution in [0.25, 0.3) is 0 Å². The van der Waals surface area contributed by atoms with Gasteiger partial charge < -0.3 is 9.64 Å². The molecule has 20 heavy (non-hydrogen) atoms. The fourth-order valence-electron chi connectivity index (χ4n) is 2.70. The number of carbonyl (C=O) groups is 1. The van der Waals surface area contributed by atoms with Gasteiger partial charge in [-0.05, 0) is 31.4 Å². The Labute approximate surface area is 125 Å². The van der Waals surface area contributed by atoms with E-state index in [1.54, 1.807) is 12.1 Å². The van der Waals surface area contributed by atoms with Crippen LogP contribution >= 0.6 is 11.6 Å². The maximum Gasteiger partial charge on any atom is 0.263 e. The van der Waals surface area contributed by atoms with Crippen LogP contribution in [0.1, 0.15) is 39.0 Å². The van der Waals surface area contributed by atoms with Crippen molar-refractivity contribution in [3.05, 3.63) is 29.3 Å². The van der Waals surface area contributed by atoms with Gasteiger partial charge >= 0.3 is 0 Å². The van der Waals surface area contributed by atoms with Gasteiger partial charge in [0.25, 0.3) is 5.91 Å². The van der Waals surface area contributed by atoms with Crippen molar-refractivity contribution in [3.8, 4) is 5.75 Å². The fourth-order valence-corrected chi connectivity index (χ4v) is 2.88. The van der Waals surface area contributed by atoms with E-state index in [0.717, 1.165) is 12.8 Å². The third kappa shape index (κ3) is 3.45. The quantitative estimate of drug-likeness (QED) is 0.824. The van der Waals surface area contributed by atoms with E-state index in [1.165, 1.54) is 12.8 Å². The highest BCUT2D eigenvalue weighted by atomic mass is 35.5. The molecule has 0 heterocycles. The summed E-state index contributed by atoms with van der Waals surface area (Å²) in [6.07, 6.45) is 4.81. The molecule has 1 saturated carbocycles. The summed E-state index contributed by atoms with van der Waals surface area (Å²) in [5.41, 5.74) is 0. The number of benzene rings is 1. The van der Waals surface area contributed by atoms with Crippen molar-refractivity contribution in [1.82, 2.24) is 4.90 Å². The van der Waals surface area contributed by atoms with Crippen LogP contribution in [-0.4, -0.2) is 30.0 Å². The van der Waals surface area contributed by atoms with E-state index >= 15 is 0 Å². The number of carbonyl (C=O) groups excluding carboxylic acids is 1. The molecule has 0 bridgehead atoms. The third-order valence-electron chi connectivity index (χ3n) is 3.97. The van der Waals surface area contributed by atoms with Gasteiger partial charge in [0.05, 0.1) is 5.02 Å². The highest BCUT2D eigenvalue weighted by molar-refractivity contribution is 6.32. The minimum atomic E-state index is -0.458. The second-order valence-electron chi connectivity index (χ2n) is 5.33. The van der Waals surface area contributed by atoms with E-state index in [2.05, 4.69) is 0 Å². The molecule has 1 aromatic rings. The van der Waals surface area contributed by atoms with Gasteiger partial charge in [-0.2, -0.15) is 0 Å². The molecule has 110 valence electrons. The Morgan fingerprint density at radius 3 is 2.65 bits per heavy atom. The molecule has 1 atom stereocenters. The molecule has 4 heteroatoms. The summed E-state index contributed by atoms with van der Waals surface area (Å²) in [5.74, 6) is 0.633. The van der Waals surface area contributed by atoms with Crippen molar-refractivity contribution in [3.63, 3.8) is 0 Å². The molecular formula is C16H22ClNO2. The van der Waals surface area contributed by atoms with E-state index < -0.39 is 6.10 Å². The van der Waals surface area contributed by atoms with Crippen LogP contribution in [0.5, 0.6) is 5.75 Å². The van der Waals surface area contributed by atoms with Gasteiger partial charge in [0.15, 0.2) is 6.10 Å². The van der Waals surface area contributed by atoms with E-state index in [0.29, 0.717) is 23.2 Å². The maximum absolute atomic E-state index is 12.5. The summed E-state index contributed by atoms with van der Waals surface area (Å²) in [6.45, 7) is 1.96. The first-order chi connectivity index (χ1) is 9.63. The first kappa shape index (κ1) is 15.2. The molecule has 3 nitrogen and oxygen atoms in total. The molecule has 2 rings (SSSR count). The van der Waals surface area contributed by atoms with Crippen molar-refractivity contribution in [2.75, 3.05) is 7.05 Å². The molecule has 1 aromatic carbocycles. The average molecular weight is 296 g/mol. The highest BCUT2D eigenvalue weighted by Gasteiger charge is 2.29. The zero-order valence-corrected chi connectivity index (χ0v) is 12.9. The number of hydrogen-bond donors (Lipinski definition) is 0. The minimum Gasteiger partial charge on any atom is -0.479 e. The molecule has 1 aliphatic rings. The van der Waals surface area contributed by atoms with E-state index in [-0.39, 0.29) is 5.91 Å². The van der Waals surface area contributed by atoms with Gasteiger partial charge in [0, 0.05) is 13.1 Å². The van der Waals surface area contributed by atoms with Crippen LogP contribution in [0.2, 0.25) is 5.02 Å². The van der Waals surface area contributed by atoms with Crippen LogP contribution < -0.4 is 4.74 Å². The molecule has 0 aromatic heterocycles. The molecule has 0 N–H and O–H groups in total. The molecule has 1 amide bonds. The monoisotopic (exact) mass is 295 g/mol. The average Bonchev–Trinajstić information content (AvgIpc) is 2.99. The zero-order valence-electron chi connectivity index (χ0n) is 12.1. The maximum atomic E-state index is 12.5. The zero-order chi connectivity index (χ0) is 14.5. The Morgan fingerprint density at radius 1 is 1.40 bits per heavy atom. The third-order valence-corrected chi connectivity index (χ3v) is 4.28. The number of rotatable bonds is 5. The SMILES string of the molecule is CC[C@H](Oc1ccccc1Cl)C(=O)N(C)C1CCCC1. The normalized spacial score (nSPS) is 16.9. The molecular weight excluding hydrogens is 274 g/mol. The van der Waals surface area contributed by atoms with Crippen LogP contribution in [0, 0.1) is 0 Å². The molecule has 0 radical (unpaired) electrons. The van der Waals surface area contributed by atoms with Crippen LogP contribution in [0.3, 0.4) is 0 Å². The molecule has 0 saturated heterocycles. The lowest BCUT2D eigenvalue weighted by Crippen LogP contribution is -2.44. The molecule has 0 aliphatic heterocycles. The number of para-hydroxylation sites is 1. The smallest absolute Gasteiger partial charge is 0.263 e. The summed E-state index contributed by atoms with van der Waals surface area (Å²) < 4.78 is 5.81. The lowest BCUT2D eigenvalue weighted by atomic mass is 10.1. The molecule has 1 aliphatic carbocycles. The number of amides is 1. The predicted molar refractivity (Wildman–Crippen MR) is 81.2 cm³/mol. The highest BCUT2D eigenvalue weighted by Crippen LogP contribution is 2.27. The van der Waals surface area contributed by atoms with Crippen LogP contribution in [0.15, 0.2) is 24.3 Å². The number of halogens is 1. The van der Waals surface area contributed by atoms with E-state index in [1.807, 2.05) is 31.0 Å². The van der Waals surface area contributed by atoms with E-state index in [9.17, 15) is 4.79 Å². The van der Waals surface area contributed by atoms with Crippen LogP contribution in [-0.2, 0) is 4.79 Å². The Bertz CT molecular complexity index is 458. The topological polar surface area (TPSA) is 29.5 Å². The first-order valence-electron chi connectivity index (χ1n) is 7.31. The van der Waals surface area contributed by atoms with Crippen molar-refractivity contribution in [1.29, 1.82) is 0 Å². The summed E-state index contributed by atoms with van der Waals surface area (Å²) in [4.78, 5) is 14.4. The van der Waals surface area contributed by atoms with Gasteiger partial charge in [0.2, 0.25) is 0 Å². The predicted octanol–water partition coefficient (Wildman–Crippen LogP) is 3.90. The standard InChI is InChI=1S/C16H22ClNO2/c1-3-14(20-15-11-7-6-10-13(15)17)16(19)18(2)12-8-4-5-9-12/h6-7,10-12,14H,3-5,8-9H2,1-2H3/t14-/m0/s1. The van der Waals surface area contributed by atoms with E-state index in [4.69, 9.17) is 16.3 Å². The fraction of sp³-hybridized carbons (Fsp3) is 0.562. The lowest BCUT2D eigenvalue weighted by Gasteiger charge is -2.28. The molecule has 0 unspecified atom stereocenters. The number of nitrogens with zero attached hydrogens (tertiary/aromatic N) is 1. The summed E-state index contributed by atoms with van der Waals surface area (Å²) in [5, 5.41) is 0.544. The summed E-state index contributed by atoms with van der Waals surface area (Å²) in [6, 6.07) is 7.65. The number of ether oxygens (including phenoxy) is 1. The van der Waals surface area contributed by atoms with Crippen LogP contribution in [0.4, 0.5) is 0 Å². The molecule has 0 spiro atoms. The molecule has 1 fully saturated rings. The van der Waals surface area contributed by atoms with Gasteiger partial charge in [-0.3, -0.25) is 4.79 Å². The number of hydrogen-bond acceptors (Lipinski definition) is 2. The second-order valence-corrected chi connectivity index (χ2v) is 5.74. The number of likely N-dealkylation sites (N-methyl/N-ethyl adjacent to an activating group) is 1. The Kier molecular flexibility index (Phi) is 5.30. The minimum absolute atomic E-state index is 0.0549. The van der Waals surface area contributed by atoms with Gasteiger partial charge in [0.1, 0.15) is 5.75 Å². The van der Waals surface area contributed by atoms with Gasteiger partial charge in [-0.1, -0.05) is 43.5 Å².